The Balaban J connectivity index is 2.10. The van der Waals surface area contributed by atoms with E-state index in [0.717, 1.165) is 32.1 Å². The fraction of sp³-hybridized carbons (Fsp3) is 0.500. The lowest BCUT2D eigenvalue weighted by atomic mass is 9.84. The lowest BCUT2D eigenvalue weighted by molar-refractivity contribution is -0.141. The van der Waals surface area contributed by atoms with Crippen molar-refractivity contribution >= 4 is 11.9 Å². The van der Waals surface area contributed by atoms with Crippen LogP contribution in [0.4, 0.5) is 0 Å². The minimum Gasteiger partial charge on any atom is -0.505 e. The van der Waals surface area contributed by atoms with Crippen LogP contribution in [0, 0.1) is 5.92 Å². The Morgan fingerprint density at radius 2 is 2.00 bits per heavy atom. The summed E-state index contributed by atoms with van der Waals surface area (Å²) >= 11 is 0. The van der Waals surface area contributed by atoms with Crippen LogP contribution >= 0.6 is 0 Å². The second-order valence-corrected chi connectivity index (χ2v) is 5.06. The molecule has 1 aliphatic carbocycles. The fourth-order valence-electron chi connectivity index (χ4n) is 2.63. The number of amides is 1. The lowest BCUT2D eigenvalue weighted by Gasteiger charge is -2.27. The quantitative estimate of drug-likeness (QED) is 0.776. The fourth-order valence-corrected chi connectivity index (χ4v) is 2.63. The van der Waals surface area contributed by atoms with Crippen LogP contribution in [-0.4, -0.2) is 33.1 Å². The summed E-state index contributed by atoms with van der Waals surface area (Å²) in [4.78, 5) is 27.2. The van der Waals surface area contributed by atoms with Gasteiger partial charge in [0.2, 0.25) is 0 Å². The molecular weight excluding hydrogens is 260 g/mol. The summed E-state index contributed by atoms with van der Waals surface area (Å²) in [6.45, 7) is 0. The van der Waals surface area contributed by atoms with Gasteiger partial charge >= 0.3 is 5.97 Å². The van der Waals surface area contributed by atoms with Crippen molar-refractivity contribution in [2.24, 2.45) is 5.92 Å². The van der Waals surface area contributed by atoms with Gasteiger partial charge in [-0.15, -0.1) is 0 Å². The zero-order chi connectivity index (χ0) is 14.5. The highest BCUT2D eigenvalue weighted by Gasteiger charge is 2.31. The Morgan fingerprint density at radius 3 is 2.60 bits per heavy atom. The molecule has 0 aromatic carbocycles. The second kappa shape index (κ2) is 6.36. The van der Waals surface area contributed by atoms with Gasteiger partial charge in [0.05, 0.1) is 0 Å². The highest BCUT2D eigenvalue weighted by atomic mass is 16.4. The number of aromatic hydroxyl groups is 1. The van der Waals surface area contributed by atoms with Crippen molar-refractivity contribution in [1.29, 1.82) is 0 Å². The first-order chi connectivity index (χ1) is 9.59. The van der Waals surface area contributed by atoms with Crippen molar-refractivity contribution in [2.75, 3.05) is 0 Å². The molecule has 6 heteroatoms. The van der Waals surface area contributed by atoms with Gasteiger partial charge < -0.3 is 15.5 Å². The Hall–Kier alpha value is -2.11. The molecule has 6 nitrogen and oxygen atoms in total. The third-order valence-corrected chi connectivity index (χ3v) is 3.68. The average molecular weight is 278 g/mol. The predicted octanol–water partition coefficient (Wildman–Crippen LogP) is 1.55. The molecule has 1 atom stereocenters. The van der Waals surface area contributed by atoms with Crippen molar-refractivity contribution < 1.29 is 19.8 Å². The van der Waals surface area contributed by atoms with Gasteiger partial charge in [0.25, 0.3) is 5.91 Å². The Kier molecular flexibility index (Phi) is 4.55. The van der Waals surface area contributed by atoms with E-state index >= 15 is 0 Å². The number of nitrogens with one attached hydrogen (secondary N) is 1. The number of carboxylic acid groups (broad SMARTS) is 1. The maximum absolute atomic E-state index is 12.0. The maximum atomic E-state index is 12.0. The first-order valence-electron chi connectivity index (χ1n) is 6.77. The summed E-state index contributed by atoms with van der Waals surface area (Å²) in [5.41, 5.74) is -0.144. The van der Waals surface area contributed by atoms with Gasteiger partial charge in [0.15, 0.2) is 5.69 Å². The molecule has 1 aromatic heterocycles. The zero-order valence-electron chi connectivity index (χ0n) is 11.1. The Labute approximate surface area is 116 Å². The third-order valence-electron chi connectivity index (χ3n) is 3.68. The number of carbonyl (C=O) groups excluding carboxylic acids is 1. The van der Waals surface area contributed by atoms with Gasteiger partial charge in [-0.25, -0.2) is 9.78 Å². The van der Waals surface area contributed by atoms with Gasteiger partial charge in [0, 0.05) is 6.20 Å². The Bertz CT molecular complexity index is 498. The number of aromatic nitrogens is 1. The highest BCUT2D eigenvalue weighted by Crippen LogP contribution is 2.27. The van der Waals surface area contributed by atoms with Crippen molar-refractivity contribution in [3.8, 4) is 5.75 Å². The monoisotopic (exact) mass is 278 g/mol. The second-order valence-electron chi connectivity index (χ2n) is 5.06. The minimum atomic E-state index is -1.04. The molecule has 2 rings (SSSR count). The molecule has 20 heavy (non-hydrogen) atoms. The smallest absolute Gasteiger partial charge is 0.326 e. The van der Waals surface area contributed by atoms with Gasteiger partial charge in [-0.05, 0) is 30.9 Å². The van der Waals surface area contributed by atoms with Crippen molar-refractivity contribution in [1.82, 2.24) is 10.3 Å². The molecule has 1 heterocycles. The molecule has 1 unspecified atom stereocenters. The number of aliphatic carboxylic acids is 1. The highest BCUT2D eigenvalue weighted by molar-refractivity contribution is 5.97. The van der Waals surface area contributed by atoms with Gasteiger partial charge in [0.1, 0.15) is 11.8 Å². The molecule has 1 saturated carbocycles. The lowest BCUT2D eigenvalue weighted by Crippen LogP contribution is -2.46. The number of pyridine rings is 1. The van der Waals surface area contributed by atoms with E-state index in [9.17, 15) is 19.8 Å². The Morgan fingerprint density at radius 1 is 1.30 bits per heavy atom. The third kappa shape index (κ3) is 3.26. The van der Waals surface area contributed by atoms with Crippen LogP contribution in [0.5, 0.6) is 5.75 Å². The van der Waals surface area contributed by atoms with Gasteiger partial charge in [-0.1, -0.05) is 19.3 Å². The van der Waals surface area contributed by atoms with Crippen LogP contribution < -0.4 is 5.32 Å². The van der Waals surface area contributed by atoms with Crippen LogP contribution in [0.2, 0.25) is 0 Å². The van der Waals surface area contributed by atoms with Crippen LogP contribution in [0.25, 0.3) is 0 Å². The number of carboxylic acids is 1. The molecule has 0 aliphatic heterocycles. The first-order valence-corrected chi connectivity index (χ1v) is 6.77. The van der Waals surface area contributed by atoms with E-state index in [4.69, 9.17) is 0 Å². The summed E-state index contributed by atoms with van der Waals surface area (Å²) in [7, 11) is 0. The largest absolute Gasteiger partial charge is 0.505 e. The van der Waals surface area contributed by atoms with E-state index in [-0.39, 0.29) is 17.4 Å². The van der Waals surface area contributed by atoms with E-state index in [1.165, 1.54) is 18.3 Å². The van der Waals surface area contributed by atoms with Gasteiger partial charge in [-0.3, -0.25) is 4.79 Å². The van der Waals surface area contributed by atoms with Crippen LogP contribution in [0.15, 0.2) is 18.3 Å². The number of hydrogen-bond acceptors (Lipinski definition) is 4. The van der Waals surface area contributed by atoms with E-state index in [0.29, 0.717) is 0 Å². The molecule has 3 N–H and O–H groups in total. The molecule has 0 radical (unpaired) electrons. The van der Waals surface area contributed by atoms with Crippen LogP contribution in [0.3, 0.4) is 0 Å². The first kappa shape index (κ1) is 14.3. The molecule has 1 aromatic rings. The summed E-state index contributed by atoms with van der Waals surface area (Å²) < 4.78 is 0. The standard InChI is InChI=1S/C14H18N2O4/c17-10-7-4-8-15-12(10)13(18)16-11(14(19)20)9-5-2-1-3-6-9/h4,7-9,11,17H,1-3,5-6H2,(H,16,18)(H,19,20). The van der Waals surface area contributed by atoms with Crippen molar-refractivity contribution in [3.05, 3.63) is 24.0 Å². The maximum Gasteiger partial charge on any atom is 0.326 e. The number of hydrogen-bond donors (Lipinski definition) is 3. The molecule has 1 amide bonds. The zero-order valence-corrected chi connectivity index (χ0v) is 11.1. The number of rotatable bonds is 4. The van der Waals surface area contributed by atoms with Crippen molar-refractivity contribution in [3.63, 3.8) is 0 Å². The molecule has 108 valence electrons. The molecule has 0 saturated heterocycles. The van der Waals surface area contributed by atoms with Crippen molar-refractivity contribution in [2.45, 2.75) is 38.1 Å². The normalized spacial score (nSPS) is 17.4. The summed E-state index contributed by atoms with van der Waals surface area (Å²) in [6, 6.07) is 1.92. The topological polar surface area (TPSA) is 99.5 Å². The molecular formula is C14H18N2O4. The minimum absolute atomic E-state index is 0.0592. The summed E-state index contributed by atoms with van der Waals surface area (Å²) in [5, 5.41) is 21.3. The van der Waals surface area contributed by atoms with E-state index < -0.39 is 17.9 Å². The molecule has 1 aliphatic rings. The molecule has 0 bridgehead atoms. The molecule has 0 spiro atoms. The number of nitrogens with zero attached hydrogens (tertiary/aromatic N) is 1. The summed E-state index contributed by atoms with van der Waals surface area (Å²) in [5.74, 6) is -2.00. The number of carbonyl (C=O) groups is 2. The van der Waals surface area contributed by atoms with E-state index in [1.807, 2.05) is 0 Å². The van der Waals surface area contributed by atoms with E-state index in [2.05, 4.69) is 10.3 Å². The van der Waals surface area contributed by atoms with Crippen LogP contribution in [0.1, 0.15) is 42.6 Å². The van der Waals surface area contributed by atoms with Crippen LogP contribution in [-0.2, 0) is 4.79 Å². The average Bonchev–Trinajstić information content (AvgIpc) is 2.45. The summed E-state index contributed by atoms with van der Waals surface area (Å²) in [6.07, 6.45) is 6.05. The molecule has 1 fully saturated rings. The SMILES string of the molecule is O=C(NC(C(=O)O)C1CCCCC1)c1ncccc1O. The predicted molar refractivity (Wildman–Crippen MR) is 71.4 cm³/mol. The van der Waals surface area contributed by atoms with E-state index in [1.54, 1.807) is 0 Å². The van der Waals surface area contributed by atoms with Gasteiger partial charge in [-0.2, -0.15) is 0 Å².